The maximum absolute atomic E-state index is 10.2. The Morgan fingerprint density at radius 3 is 1.44 bits per heavy atom. The Bertz CT molecular complexity index is 669. The summed E-state index contributed by atoms with van der Waals surface area (Å²) in [6.45, 7) is 13.0. The van der Waals surface area contributed by atoms with Crippen molar-refractivity contribution in [3.8, 4) is 11.5 Å². The lowest BCUT2D eigenvalue weighted by atomic mass is 9.75. The number of aromatic hydroxyl groups is 2. The zero-order valence-corrected chi connectivity index (χ0v) is 16.4. The van der Waals surface area contributed by atoms with Gasteiger partial charge in [-0.15, -0.1) is 0 Å². The van der Waals surface area contributed by atoms with Gasteiger partial charge in [0.25, 0.3) is 0 Å². The average Bonchev–Trinajstić information content (AvgIpc) is 2.60. The first-order valence-corrected chi connectivity index (χ1v) is 9.39. The summed E-state index contributed by atoms with van der Waals surface area (Å²) >= 11 is 0. The van der Waals surface area contributed by atoms with Gasteiger partial charge < -0.3 is 10.2 Å². The van der Waals surface area contributed by atoms with Crippen LogP contribution in [0, 0.1) is 0 Å². The van der Waals surface area contributed by atoms with Gasteiger partial charge in [-0.2, -0.15) is 0 Å². The predicted octanol–water partition coefficient (Wildman–Crippen LogP) is 6.45. The van der Waals surface area contributed by atoms with E-state index in [1.807, 2.05) is 24.3 Å². The molecule has 0 saturated heterocycles. The zero-order chi connectivity index (χ0) is 18.8. The summed E-state index contributed by atoms with van der Waals surface area (Å²) in [5.74, 6) is 1.40. The molecule has 0 spiro atoms. The highest BCUT2D eigenvalue weighted by molar-refractivity contribution is 5.48. The number of hydrogen-bond donors (Lipinski definition) is 2. The Morgan fingerprint density at radius 2 is 1.12 bits per heavy atom. The quantitative estimate of drug-likeness (QED) is 0.634. The number of phenolic OH excluding ortho intramolecular Hbond substituents is 2. The van der Waals surface area contributed by atoms with E-state index in [9.17, 15) is 10.2 Å². The van der Waals surface area contributed by atoms with Crippen molar-refractivity contribution in [2.75, 3.05) is 0 Å². The van der Waals surface area contributed by atoms with Crippen LogP contribution in [0.15, 0.2) is 36.4 Å². The van der Waals surface area contributed by atoms with Gasteiger partial charge in [-0.25, -0.2) is 0 Å². The monoisotopic (exact) mass is 340 g/mol. The van der Waals surface area contributed by atoms with E-state index >= 15 is 0 Å². The Kier molecular flexibility index (Phi) is 5.82. The summed E-state index contributed by atoms with van der Waals surface area (Å²) in [7, 11) is 0. The Hall–Kier alpha value is -1.96. The second-order valence-electron chi connectivity index (χ2n) is 7.79. The van der Waals surface area contributed by atoms with Gasteiger partial charge in [-0.3, -0.25) is 0 Å². The molecule has 0 radical (unpaired) electrons. The highest BCUT2D eigenvalue weighted by Gasteiger charge is 2.26. The third-order valence-electron chi connectivity index (χ3n) is 5.79. The first kappa shape index (κ1) is 19.4. The molecule has 25 heavy (non-hydrogen) atoms. The SMILES string of the molecule is CC[C@H](C)c1cc(C(C)(C)c2ccc(O)c([C@@H](C)CC)c2)ccc1O. The summed E-state index contributed by atoms with van der Waals surface area (Å²) in [5.41, 5.74) is 4.18. The molecule has 2 rings (SSSR count). The third-order valence-corrected chi connectivity index (χ3v) is 5.79. The second-order valence-corrected chi connectivity index (χ2v) is 7.79. The topological polar surface area (TPSA) is 40.5 Å². The van der Waals surface area contributed by atoms with Crippen LogP contribution in [0.4, 0.5) is 0 Å². The summed E-state index contributed by atoms with van der Waals surface area (Å²) in [4.78, 5) is 0. The standard InChI is InChI=1S/C23H32O2/c1-7-15(3)19-13-17(9-11-21(19)24)23(5,6)18-10-12-22(25)20(14-18)16(4)8-2/h9-16,24-25H,7-8H2,1-6H3/t15-,16-/m0/s1. The van der Waals surface area contributed by atoms with Crippen molar-refractivity contribution in [1.82, 2.24) is 0 Å². The molecule has 0 aliphatic heterocycles. The molecule has 0 aromatic heterocycles. The largest absolute Gasteiger partial charge is 0.508 e. The van der Waals surface area contributed by atoms with Crippen LogP contribution in [0.25, 0.3) is 0 Å². The molecule has 2 aromatic carbocycles. The molecular formula is C23H32O2. The minimum Gasteiger partial charge on any atom is -0.508 e. The summed E-state index contributed by atoms with van der Waals surface area (Å²) < 4.78 is 0. The molecule has 0 aliphatic rings. The summed E-state index contributed by atoms with van der Waals surface area (Å²) in [5, 5.41) is 20.4. The Balaban J connectivity index is 2.52. The maximum atomic E-state index is 10.2. The second kappa shape index (κ2) is 7.51. The highest BCUT2D eigenvalue weighted by Crippen LogP contribution is 2.39. The smallest absolute Gasteiger partial charge is 0.119 e. The first-order chi connectivity index (χ1) is 11.7. The number of rotatable bonds is 6. The molecule has 0 aliphatic carbocycles. The Morgan fingerprint density at radius 1 is 0.760 bits per heavy atom. The number of benzene rings is 2. The predicted molar refractivity (Wildman–Crippen MR) is 106 cm³/mol. The van der Waals surface area contributed by atoms with Crippen LogP contribution in [-0.4, -0.2) is 10.2 Å². The molecule has 2 nitrogen and oxygen atoms in total. The minimum atomic E-state index is -0.203. The van der Waals surface area contributed by atoms with Crippen molar-refractivity contribution in [3.63, 3.8) is 0 Å². The van der Waals surface area contributed by atoms with Crippen LogP contribution >= 0.6 is 0 Å². The van der Waals surface area contributed by atoms with Crippen molar-refractivity contribution in [2.45, 2.75) is 71.6 Å². The van der Waals surface area contributed by atoms with Gasteiger partial charge in [-0.05, 0) is 59.1 Å². The molecule has 0 unspecified atom stereocenters. The minimum absolute atomic E-state index is 0.203. The van der Waals surface area contributed by atoms with E-state index in [0.29, 0.717) is 23.3 Å². The maximum Gasteiger partial charge on any atom is 0.119 e. The van der Waals surface area contributed by atoms with Gasteiger partial charge in [0.2, 0.25) is 0 Å². The van der Waals surface area contributed by atoms with Gasteiger partial charge >= 0.3 is 0 Å². The van der Waals surface area contributed by atoms with E-state index in [-0.39, 0.29) is 5.41 Å². The van der Waals surface area contributed by atoms with Crippen molar-refractivity contribution in [2.24, 2.45) is 0 Å². The van der Waals surface area contributed by atoms with Gasteiger partial charge in [0.05, 0.1) is 0 Å². The van der Waals surface area contributed by atoms with Crippen LogP contribution < -0.4 is 0 Å². The molecule has 2 heteroatoms. The zero-order valence-electron chi connectivity index (χ0n) is 16.4. The van der Waals surface area contributed by atoms with Gasteiger partial charge in [-0.1, -0.05) is 65.8 Å². The fraction of sp³-hybridized carbons (Fsp3) is 0.478. The van der Waals surface area contributed by atoms with E-state index in [0.717, 1.165) is 24.0 Å². The van der Waals surface area contributed by atoms with Crippen LogP contribution in [0.5, 0.6) is 11.5 Å². The molecule has 2 aromatic rings. The molecule has 0 heterocycles. The molecule has 0 amide bonds. The summed E-state index contributed by atoms with van der Waals surface area (Å²) in [6, 6.07) is 11.9. The van der Waals surface area contributed by atoms with Crippen molar-refractivity contribution in [3.05, 3.63) is 58.7 Å². The first-order valence-electron chi connectivity index (χ1n) is 9.39. The number of hydrogen-bond acceptors (Lipinski definition) is 2. The molecule has 0 fully saturated rings. The average molecular weight is 341 g/mol. The Labute approximate surface area is 152 Å². The van der Waals surface area contributed by atoms with Crippen molar-refractivity contribution >= 4 is 0 Å². The third kappa shape index (κ3) is 3.84. The van der Waals surface area contributed by atoms with Crippen LogP contribution in [0.2, 0.25) is 0 Å². The molecular weight excluding hydrogens is 308 g/mol. The van der Waals surface area contributed by atoms with E-state index < -0.39 is 0 Å². The molecule has 0 bridgehead atoms. The van der Waals surface area contributed by atoms with E-state index in [1.165, 1.54) is 11.1 Å². The van der Waals surface area contributed by atoms with Crippen molar-refractivity contribution < 1.29 is 10.2 Å². The van der Waals surface area contributed by atoms with E-state index in [2.05, 4.69) is 53.7 Å². The van der Waals surface area contributed by atoms with Gasteiger partial charge in [0, 0.05) is 5.41 Å². The lowest BCUT2D eigenvalue weighted by Gasteiger charge is -2.29. The van der Waals surface area contributed by atoms with E-state index in [4.69, 9.17) is 0 Å². The van der Waals surface area contributed by atoms with Gasteiger partial charge in [0.1, 0.15) is 11.5 Å². The van der Waals surface area contributed by atoms with Gasteiger partial charge in [0.15, 0.2) is 0 Å². The van der Waals surface area contributed by atoms with Crippen LogP contribution in [-0.2, 0) is 5.41 Å². The fourth-order valence-corrected chi connectivity index (χ4v) is 3.28. The fourth-order valence-electron chi connectivity index (χ4n) is 3.28. The highest BCUT2D eigenvalue weighted by atomic mass is 16.3. The van der Waals surface area contributed by atoms with Crippen LogP contribution in [0.3, 0.4) is 0 Å². The number of phenols is 2. The lowest BCUT2D eigenvalue weighted by Crippen LogP contribution is -2.19. The van der Waals surface area contributed by atoms with Crippen LogP contribution in [0.1, 0.15) is 88.5 Å². The lowest BCUT2D eigenvalue weighted by molar-refractivity contribution is 0.460. The molecule has 0 saturated carbocycles. The normalized spacial score (nSPS) is 14.3. The molecule has 136 valence electrons. The van der Waals surface area contributed by atoms with E-state index in [1.54, 1.807) is 0 Å². The summed E-state index contributed by atoms with van der Waals surface area (Å²) in [6.07, 6.45) is 1.99. The molecule has 2 atom stereocenters. The molecule has 2 N–H and O–H groups in total. The van der Waals surface area contributed by atoms with Crippen molar-refractivity contribution in [1.29, 1.82) is 0 Å².